The standard InChI is InChI=1S/C36H75N6O15P3/c1-7-19-46-22-25-49-28-31-55-58(37-16-13-34(43)52-10-4)40-59(38-17-14-35(44)53-11-5,56-32-29-50-26-23-47-20-8-2)42-60(41-58,39-18-15-36(45)54-12-6)57-33-30-51-27-24-48-21-9-3/h37-39H,7-33H2,1-6H3. The van der Waals surface area contributed by atoms with Crippen LogP contribution in [0.3, 0.4) is 0 Å². The lowest BCUT2D eigenvalue weighted by Crippen LogP contribution is -2.25. The number of hydrogen-bond donors (Lipinski definition) is 3. The lowest BCUT2D eigenvalue weighted by molar-refractivity contribution is -0.143. The summed E-state index contributed by atoms with van der Waals surface area (Å²) in [6.07, 6.45) is 2.59. The Morgan fingerprint density at radius 1 is 0.367 bits per heavy atom. The van der Waals surface area contributed by atoms with Crippen molar-refractivity contribution in [1.29, 1.82) is 0 Å². The van der Waals surface area contributed by atoms with Crippen molar-refractivity contribution in [2.24, 2.45) is 13.5 Å². The fourth-order valence-electron chi connectivity index (χ4n) is 4.71. The third kappa shape index (κ3) is 27.6. The first kappa shape index (κ1) is 56.6. The molecule has 0 fully saturated rings. The molecule has 0 aromatic heterocycles. The molecule has 0 amide bonds. The second-order valence-electron chi connectivity index (χ2n) is 12.5. The Labute approximate surface area is 358 Å². The molecule has 0 saturated heterocycles. The molecule has 21 nitrogen and oxygen atoms in total. The summed E-state index contributed by atoms with van der Waals surface area (Å²) in [4.78, 5) is 37.6. The smallest absolute Gasteiger partial charge is 0.307 e. The molecule has 0 spiro atoms. The van der Waals surface area contributed by atoms with E-state index < -0.39 is 40.7 Å². The van der Waals surface area contributed by atoms with Crippen LogP contribution in [0.2, 0.25) is 0 Å². The number of carbonyl (C=O) groups excluding carboxylic acids is 3. The third-order valence-corrected chi connectivity index (χ3v) is 16.6. The highest BCUT2D eigenvalue weighted by Gasteiger charge is 2.40. The molecule has 0 radical (unpaired) electrons. The normalized spacial score (nSPS) is 19.9. The maximum atomic E-state index is 12.5. The maximum absolute atomic E-state index is 12.5. The van der Waals surface area contributed by atoms with Crippen molar-refractivity contribution in [3.63, 3.8) is 0 Å². The molecule has 0 aromatic carbocycles. The second-order valence-corrected chi connectivity index (χ2v) is 19.6. The Kier molecular flexibility index (Phi) is 35.0. The van der Waals surface area contributed by atoms with Crippen LogP contribution in [0.5, 0.6) is 0 Å². The largest absolute Gasteiger partial charge is 0.466 e. The Hall–Kier alpha value is -1.38. The fraction of sp³-hybridized carbons (Fsp3) is 0.917. The monoisotopic (exact) mass is 924 g/mol. The van der Waals surface area contributed by atoms with Crippen LogP contribution in [-0.2, 0) is 70.6 Å². The molecule has 1 rings (SSSR count). The lowest BCUT2D eigenvalue weighted by Gasteiger charge is -2.35. The number of rotatable bonds is 42. The number of nitrogens with zero attached hydrogens (tertiary/aromatic N) is 3. The van der Waals surface area contributed by atoms with Crippen LogP contribution >= 0.6 is 22.7 Å². The summed E-state index contributed by atoms with van der Waals surface area (Å²) in [6.45, 7) is 16.7. The van der Waals surface area contributed by atoms with E-state index in [4.69, 9.17) is 69.7 Å². The van der Waals surface area contributed by atoms with Crippen molar-refractivity contribution in [2.75, 3.05) is 139 Å². The number of esters is 3. The molecule has 0 atom stereocenters. The van der Waals surface area contributed by atoms with E-state index in [0.29, 0.717) is 59.5 Å². The van der Waals surface area contributed by atoms with Gasteiger partial charge in [-0.1, -0.05) is 20.8 Å². The summed E-state index contributed by atoms with van der Waals surface area (Å²) >= 11 is 0. The first-order valence-electron chi connectivity index (χ1n) is 21.2. The van der Waals surface area contributed by atoms with Gasteiger partial charge in [0.2, 0.25) is 0 Å². The number of ether oxygens (including phenoxy) is 9. The zero-order valence-electron chi connectivity index (χ0n) is 36.9. The van der Waals surface area contributed by atoms with Crippen LogP contribution in [0.4, 0.5) is 0 Å². The summed E-state index contributed by atoms with van der Waals surface area (Å²) in [7, 11) is -10.9. The minimum Gasteiger partial charge on any atom is -0.466 e. The Balaban J connectivity index is 3.81. The predicted octanol–water partition coefficient (Wildman–Crippen LogP) is 5.85. The van der Waals surface area contributed by atoms with Gasteiger partial charge < -0.3 is 56.2 Å². The number of hydrogen-bond acceptors (Lipinski definition) is 21. The van der Waals surface area contributed by atoms with Gasteiger partial charge in [-0.05, 0) is 40.0 Å². The van der Waals surface area contributed by atoms with Gasteiger partial charge in [0.1, 0.15) is 0 Å². The SMILES string of the molecule is CCCOCCOCCOP1(NCCC(=O)OCC)=NP(NCCC(=O)OCC)(OCCOCCOCCC)=NP(NCCC(=O)OCC)(OCCOCCOCCC)=N1. The van der Waals surface area contributed by atoms with E-state index in [2.05, 4.69) is 15.3 Å². The fourth-order valence-corrected chi connectivity index (χ4v) is 15.3. The van der Waals surface area contributed by atoms with E-state index in [1.807, 2.05) is 20.8 Å². The Morgan fingerprint density at radius 3 is 0.833 bits per heavy atom. The van der Waals surface area contributed by atoms with Gasteiger partial charge in [0.15, 0.2) is 0 Å². The molecule has 354 valence electrons. The molecule has 0 bridgehead atoms. The quantitative estimate of drug-likeness (QED) is 0.0282. The highest BCUT2D eigenvalue weighted by atomic mass is 31.3. The molecule has 0 unspecified atom stereocenters. The van der Waals surface area contributed by atoms with Crippen molar-refractivity contribution in [1.82, 2.24) is 15.3 Å². The molecule has 3 N–H and O–H groups in total. The van der Waals surface area contributed by atoms with Crippen LogP contribution in [0.15, 0.2) is 13.5 Å². The van der Waals surface area contributed by atoms with Gasteiger partial charge in [0, 0.05) is 39.5 Å². The zero-order valence-corrected chi connectivity index (χ0v) is 39.6. The molecular weight excluding hydrogens is 849 g/mol. The molecule has 0 saturated carbocycles. The van der Waals surface area contributed by atoms with Crippen molar-refractivity contribution in [3.8, 4) is 0 Å². The van der Waals surface area contributed by atoms with Crippen molar-refractivity contribution < 1.29 is 70.6 Å². The summed E-state index contributed by atoms with van der Waals surface area (Å²) in [5.41, 5.74) is 0. The second kappa shape index (κ2) is 37.0. The van der Waals surface area contributed by atoms with E-state index in [1.165, 1.54) is 0 Å². The summed E-state index contributed by atoms with van der Waals surface area (Å²) in [5, 5.41) is 9.91. The third-order valence-electron chi connectivity index (χ3n) is 7.24. The van der Waals surface area contributed by atoms with Gasteiger partial charge in [0.05, 0.1) is 118 Å². The molecule has 24 heteroatoms. The van der Waals surface area contributed by atoms with E-state index in [-0.39, 0.29) is 98.4 Å². The highest BCUT2D eigenvalue weighted by molar-refractivity contribution is 7.81. The van der Waals surface area contributed by atoms with Gasteiger partial charge in [-0.3, -0.25) is 14.4 Å². The van der Waals surface area contributed by atoms with Crippen molar-refractivity contribution in [2.45, 2.75) is 80.1 Å². The molecule has 1 aliphatic heterocycles. The summed E-state index contributed by atoms with van der Waals surface area (Å²) in [5.74, 6) is -1.31. The molecule has 60 heavy (non-hydrogen) atoms. The van der Waals surface area contributed by atoms with Crippen molar-refractivity contribution >= 4 is 40.7 Å². The van der Waals surface area contributed by atoms with Crippen LogP contribution < -0.4 is 15.3 Å². The van der Waals surface area contributed by atoms with Gasteiger partial charge >= 0.3 is 17.9 Å². The van der Waals surface area contributed by atoms with E-state index in [9.17, 15) is 14.4 Å². The van der Waals surface area contributed by atoms with Gasteiger partial charge in [-0.25, -0.2) is 15.3 Å². The zero-order chi connectivity index (χ0) is 44.1. The molecular formula is C36H75N6O15P3. The number of carbonyl (C=O) groups is 3. The highest BCUT2D eigenvalue weighted by Crippen LogP contribution is 2.75. The van der Waals surface area contributed by atoms with Crippen LogP contribution in [0, 0.1) is 0 Å². The van der Waals surface area contributed by atoms with Gasteiger partial charge in [-0.2, -0.15) is 13.5 Å². The van der Waals surface area contributed by atoms with E-state index in [1.54, 1.807) is 20.8 Å². The average molecular weight is 925 g/mol. The Bertz CT molecular complexity index is 1150. The number of nitrogens with one attached hydrogen (secondary N) is 3. The molecule has 0 aliphatic carbocycles. The molecule has 0 aromatic rings. The van der Waals surface area contributed by atoms with Crippen LogP contribution in [0.1, 0.15) is 80.1 Å². The lowest BCUT2D eigenvalue weighted by atomic mass is 10.4. The predicted molar refractivity (Wildman–Crippen MR) is 229 cm³/mol. The van der Waals surface area contributed by atoms with E-state index >= 15 is 0 Å². The maximum Gasteiger partial charge on any atom is 0.307 e. The first-order chi connectivity index (χ1) is 29.2. The van der Waals surface area contributed by atoms with E-state index in [0.717, 1.165) is 19.3 Å². The minimum absolute atomic E-state index is 0.0222. The van der Waals surface area contributed by atoms with Gasteiger partial charge in [0.25, 0.3) is 22.7 Å². The average Bonchev–Trinajstić information content (AvgIpc) is 3.21. The summed E-state index contributed by atoms with van der Waals surface area (Å²) in [6, 6.07) is 0. The topological polar surface area (TPSA) is 235 Å². The van der Waals surface area contributed by atoms with Crippen LogP contribution in [-0.4, -0.2) is 156 Å². The molecule has 1 aliphatic rings. The Morgan fingerprint density at radius 2 is 0.600 bits per heavy atom. The van der Waals surface area contributed by atoms with Gasteiger partial charge in [-0.15, -0.1) is 0 Å². The van der Waals surface area contributed by atoms with Crippen LogP contribution in [0.25, 0.3) is 0 Å². The minimum atomic E-state index is -3.62. The summed E-state index contributed by atoms with van der Waals surface area (Å²) < 4.78 is 84.7. The molecule has 1 heterocycles. The van der Waals surface area contributed by atoms with Crippen molar-refractivity contribution in [3.05, 3.63) is 0 Å². The first-order valence-corrected chi connectivity index (χ1v) is 26.0.